The highest BCUT2D eigenvalue weighted by Crippen LogP contribution is 2.28. The molecule has 0 saturated heterocycles. The van der Waals surface area contributed by atoms with Crippen LogP contribution in [0.2, 0.25) is 0 Å². The summed E-state index contributed by atoms with van der Waals surface area (Å²) in [6.07, 6.45) is 2.02. The molecule has 6 nitrogen and oxygen atoms in total. The van der Waals surface area contributed by atoms with Crippen molar-refractivity contribution < 1.29 is 19.4 Å². The highest BCUT2D eigenvalue weighted by Gasteiger charge is 2.21. The van der Waals surface area contributed by atoms with Crippen molar-refractivity contribution >= 4 is 28.9 Å². The summed E-state index contributed by atoms with van der Waals surface area (Å²) in [7, 11) is 0. The fourth-order valence-electron chi connectivity index (χ4n) is 3.71. The van der Waals surface area contributed by atoms with E-state index in [2.05, 4.69) is 31.4 Å². The molecule has 2 amide bonds. The minimum absolute atomic E-state index is 0.0839. The summed E-state index contributed by atoms with van der Waals surface area (Å²) in [5.41, 5.74) is 3.94. The van der Waals surface area contributed by atoms with Crippen molar-refractivity contribution in [3.8, 4) is 5.75 Å². The van der Waals surface area contributed by atoms with Gasteiger partial charge in [0.2, 0.25) is 0 Å². The van der Waals surface area contributed by atoms with E-state index < -0.39 is 12.0 Å². The normalized spacial score (nSPS) is 12.5. The quantitative estimate of drug-likeness (QED) is 0.206. The SMILES string of the molecule is CCC(Oc1ccc(C(C)(C)CC)cc1)C(=O)Nc1ccc(C(O)=CC(=O)Nc2ccccc2C)cc1. The Kier molecular flexibility index (Phi) is 9.12. The lowest BCUT2D eigenvalue weighted by molar-refractivity contribution is -0.122. The third-order valence-electron chi connectivity index (χ3n) is 6.58. The van der Waals surface area contributed by atoms with E-state index in [9.17, 15) is 14.7 Å². The van der Waals surface area contributed by atoms with Crippen molar-refractivity contribution in [2.24, 2.45) is 0 Å². The largest absolute Gasteiger partial charge is 0.507 e. The molecule has 6 heteroatoms. The molecule has 0 radical (unpaired) electrons. The van der Waals surface area contributed by atoms with Gasteiger partial charge in [-0.2, -0.15) is 0 Å². The summed E-state index contributed by atoms with van der Waals surface area (Å²) in [5.74, 6) is -0.218. The zero-order chi connectivity index (χ0) is 27.0. The Morgan fingerprint density at radius 3 is 2.19 bits per heavy atom. The van der Waals surface area contributed by atoms with Crippen LogP contribution >= 0.6 is 0 Å². The highest BCUT2D eigenvalue weighted by molar-refractivity contribution is 6.03. The van der Waals surface area contributed by atoms with Crippen molar-refractivity contribution in [3.63, 3.8) is 0 Å². The summed E-state index contributed by atoms with van der Waals surface area (Å²) >= 11 is 0. The Morgan fingerprint density at radius 1 is 0.946 bits per heavy atom. The van der Waals surface area contributed by atoms with Crippen molar-refractivity contribution in [1.29, 1.82) is 0 Å². The minimum atomic E-state index is -0.650. The van der Waals surface area contributed by atoms with E-state index in [1.807, 2.05) is 56.3 Å². The van der Waals surface area contributed by atoms with Crippen LogP contribution in [-0.2, 0) is 15.0 Å². The van der Waals surface area contributed by atoms with E-state index in [1.165, 1.54) is 5.56 Å². The number of hydrogen-bond acceptors (Lipinski definition) is 4. The van der Waals surface area contributed by atoms with E-state index >= 15 is 0 Å². The lowest BCUT2D eigenvalue weighted by Crippen LogP contribution is -2.32. The number of anilines is 2. The topological polar surface area (TPSA) is 87.7 Å². The third-order valence-corrected chi connectivity index (χ3v) is 6.58. The molecule has 3 aromatic carbocycles. The van der Waals surface area contributed by atoms with Gasteiger partial charge in [0.25, 0.3) is 11.8 Å². The first-order valence-electron chi connectivity index (χ1n) is 12.6. The molecular weight excluding hydrogens is 464 g/mol. The molecule has 0 aromatic heterocycles. The number of amides is 2. The molecule has 0 heterocycles. The van der Waals surface area contributed by atoms with E-state index in [0.717, 1.165) is 18.1 Å². The number of hydrogen-bond donors (Lipinski definition) is 3. The monoisotopic (exact) mass is 500 g/mol. The number of nitrogens with one attached hydrogen (secondary N) is 2. The van der Waals surface area contributed by atoms with Gasteiger partial charge in [0.15, 0.2) is 6.10 Å². The molecule has 0 saturated carbocycles. The van der Waals surface area contributed by atoms with Crippen molar-refractivity contribution in [2.45, 2.75) is 59.0 Å². The van der Waals surface area contributed by atoms with Gasteiger partial charge >= 0.3 is 0 Å². The summed E-state index contributed by atoms with van der Waals surface area (Å²) in [5, 5.41) is 16.0. The molecule has 0 fully saturated rings. The Bertz CT molecular complexity index is 1240. The number of aliphatic hydroxyl groups excluding tert-OH is 1. The van der Waals surface area contributed by atoms with Crippen LogP contribution in [0.15, 0.2) is 78.9 Å². The van der Waals surface area contributed by atoms with Gasteiger partial charge in [-0.15, -0.1) is 0 Å². The minimum Gasteiger partial charge on any atom is -0.507 e. The molecule has 194 valence electrons. The Morgan fingerprint density at radius 2 is 1.59 bits per heavy atom. The van der Waals surface area contributed by atoms with Crippen LogP contribution in [-0.4, -0.2) is 23.0 Å². The number of rotatable bonds is 10. The molecule has 0 aliphatic carbocycles. The van der Waals surface area contributed by atoms with Gasteiger partial charge in [0.05, 0.1) is 0 Å². The molecule has 1 unspecified atom stereocenters. The van der Waals surface area contributed by atoms with E-state index in [0.29, 0.717) is 29.1 Å². The summed E-state index contributed by atoms with van der Waals surface area (Å²) in [4.78, 5) is 25.1. The van der Waals surface area contributed by atoms with Gasteiger partial charge in [0, 0.05) is 23.0 Å². The van der Waals surface area contributed by atoms with Crippen LogP contribution in [0.4, 0.5) is 11.4 Å². The number of para-hydroxylation sites is 1. The van der Waals surface area contributed by atoms with Gasteiger partial charge < -0.3 is 20.5 Å². The van der Waals surface area contributed by atoms with Crippen molar-refractivity contribution in [1.82, 2.24) is 0 Å². The van der Waals surface area contributed by atoms with E-state index in [4.69, 9.17) is 4.74 Å². The molecule has 3 N–H and O–H groups in total. The van der Waals surface area contributed by atoms with Crippen LogP contribution in [0.25, 0.3) is 5.76 Å². The van der Waals surface area contributed by atoms with Crippen LogP contribution in [0.3, 0.4) is 0 Å². The second-order valence-corrected chi connectivity index (χ2v) is 9.68. The maximum absolute atomic E-state index is 12.8. The summed E-state index contributed by atoms with van der Waals surface area (Å²) < 4.78 is 5.96. The fourth-order valence-corrected chi connectivity index (χ4v) is 3.71. The van der Waals surface area contributed by atoms with Crippen LogP contribution in [0.1, 0.15) is 57.2 Å². The maximum atomic E-state index is 12.8. The zero-order valence-electron chi connectivity index (χ0n) is 22.2. The molecule has 0 spiro atoms. The second-order valence-electron chi connectivity index (χ2n) is 9.68. The number of ether oxygens (including phenoxy) is 1. The fraction of sp³-hybridized carbons (Fsp3) is 0.290. The van der Waals surface area contributed by atoms with Gasteiger partial charge in [-0.3, -0.25) is 9.59 Å². The Hall–Kier alpha value is -4.06. The number of aryl methyl sites for hydroxylation is 1. The smallest absolute Gasteiger partial charge is 0.265 e. The number of aliphatic hydroxyl groups is 1. The van der Waals surface area contributed by atoms with Crippen molar-refractivity contribution in [3.05, 3.63) is 95.6 Å². The lowest BCUT2D eigenvalue weighted by atomic mass is 9.82. The van der Waals surface area contributed by atoms with Crippen LogP contribution < -0.4 is 15.4 Å². The second kappa shape index (κ2) is 12.3. The number of carbonyl (C=O) groups excluding carboxylic acids is 2. The van der Waals surface area contributed by atoms with Gasteiger partial charge in [-0.25, -0.2) is 0 Å². The Labute approximate surface area is 219 Å². The third kappa shape index (κ3) is 7.46. The molecule has 3 rings (SSSR count). The average Bonchev–Trinajstić information content (AvgIpc) is 2.89. The number of carbonyl (C=O) groups is 2. The number of benzene rings is 3. The van der Waals surface area contributed by atoms with Gasteiger partial charge in [-0.05, 0) is 78.8 Å². The maximum Gasteiger partial charge on any atom is 0.265 e. The van der Waals surface area contributed by atoms with Gasteiger partial charge in [0.1, 0.15) is 11.5 Å². The first kappa shape index (κ1) is 27.5. The Balaban J connectivity index is 1.60. The summed E-state index contributed by atoms with van der Waals surface area (Å²) in [6, 6.07) is 21.9. The van der Waals surface area contributed by atoms with Crippen LogP contribution in [0, 0.1) is 6.92 Å². The predicted molar refractivity (Wildman–Crippen MR) is 150 cm³/mol. The molecule has 0 aliphatic rings. The first-order chi connectivity index (χ1) is 17.6. The average molecular weight is 501 g/mol. The standard InChI is InChI=1S/C31H36N2O4/c1-6-28(37-25-18-14-23(15-19-25)31(4,5)7-2)30(36)32-24-16-12-22(13-17-24)27(34)20-29(35)33-26-11-9-8-10-21(26)3/h8-20,28,34H,6-7H2,1-5H3,(H,32,36)(H,33,35). The zero-order valence-corrected chi connectivity index (χ0v) is 22.2. The molecule has 1 atom stereocenters. The molecule has 0 bridgehead atoms. The van der Waals surface area contributed by atoms with E-state index in [1.54, 1.807) is 30.3 Å². The highest BCUT2D eigenvalue weighted by atomic mass is 16.5. The molecule has 0 aliphatic heterocycles. The molecular formula is C31H36N2O4. The van der Waals surface area contributed by atoms with E-state index in [-0.39, 0.29) is 17.1 Å². The van der Waals surface area contributed by atoms with Crippen molar-refractivity contribution in [2.75, 3.05) is 10.6 Å². The van der Waals surface area contributed by atoms with Crippen LogP contribution in [0.5, 0.6) is 5.75 Å². The lowest BCUT2D eigenvalue weighted by Gasteiger charge is -2.24. The predicted octanol–water partition coefficient (Wildman–Crippen LogP) is 7.02. The summed E-state index contributed by atoms with van der Waals surface area (Å²) in [6.45, 7) is 10.4. The first-order valence-corrected chi connectivity index (χ1v) is 12.6. The molecule has 3 aromatic rings. The van der Waals surface area contributed by atoms with Gasteiger partial charge in [-0.1, -0.05) is 58.0 Å². The molecule has 37 heavy (non-hydrogen) atoms.